The molecule has 0 fully saturated rings. The van der Waals surface area contributed by atoms with E-state index in [-0.39, 0.29) is 5.97 Å². The quantitative estimate of drug-likeness (QED) is 0.858. The fourth-order valence-electron chi connectivity index (χ4n) is 2.02. The van der Waals surface area contributed by atoms with Crippen LogP contribution in [0, 0.1) is 6.92 Å². The zero-order valence-electron chi connectivity index (χ0n) is 11.3. The average molecular weight is 259 g/mol. The molecular weight excluding hydrogens is 242 g/mol. The number of H-pyrrole nitrogens is 1. The molecule has 0 aliphatic heterocycles. The number of hydrogen-bond donors (Lipinski definition) is 1. The molecule has 4 nitrogen and oxygen atoms in total. The Balaban J connectivity index is 2.42. The molecule has 1 aromatic heterocycles. The summed E-state index contributed by atoms with van der Waals surface area (Å²) in [5.41, 5.74) is 3.33. The molecule has 0 saturated heterocycles. The molecule has 0 radical (unpaired) electrons. The van der Waals surface area contributed by atoms with Crippen LogP contribution in [-0.2, 0) is 4.74 Å². The number of aromatic nitrogens is 1. The van der Waals surface area contributed by atoms with Crippen molar-refractivity contribution in [3.05, 3.63) is 41.7 Å². The highest BCUT2D eigenvalue weighted by Gasteiger charge is 2.17. The van der Waals surface area contributed by atoms with Gasteiger partial charge in [-0.25, -0.2) is 4.79 Å². The van der Waals surface area contributed by atoms with E-state index in [1.54, 1.807) is 14.0 Å². The van der Waals surface area contributed by atoms with Crippen LogP contribution in [0.15, 0.2) is 30.5 Å². The Kier molecular flexibility index (Phi) is 3.90. The van der Waals surface area contributed by atoms with Crippen molar-refractivity contribution in [2.24, 2.45) is 0 Å². The molecule has 2 aromatic rings. The van der Waals surface area contributed by atoms with E-state index in [0.717, 1.165) is 22.4 Å². The number of carbonyl (C=O) groups excluding carboxylic acids is 1. The molecule has 2 rings (SSSR count). The lowest BCUT2D eigenvalue weighted by Crippen LogP contribution is -2.06. The van der Waals surface area contributed by atoms with E-state index in [0.29, 0.717) is 12.3 Å². The summed E-state index contributed by atoms with van der Waals surface area (Å²) in [4.78, 5) is 14.9. The third kappa shape index (κ3) is 2.62. The molecule has 1 aromatic carbocycles. The number of carbonyl (C=O) groups is 1. The number of nitrogens with one attached hydrogen (secondary N) is 1. The summed E-state index contributed by atoms with van der Waals surface area (Å²) in [5, 5.41) is 0. The Morgan fingerprint density at radius 3 is 2.53 bits per heavy atom. The topological polar surface area (TPSA) is 51.3 Å². The Morgan fingerprint density at radius 1 is 1.26 bits per heavy atom. The summed E-state index contributed by atoms with van der Waals surface area (Å²) in [5.74, 6) is 0.455. The molecule has 0 aliphatic carbocycles. The molecule has 0 saturated carbocycles. The van der Waals surface area contributed by atoms with Gasteiger partial charge in [-0.2, -0.15) is 0 Å². The second-order valence-corrected chi connectivity index (χ2v) is 4.17. The van der Waals surface area contributed by atoms with Crippen LogP contribution >= 0.6 is 0 Å². The van der Waals surface area contributed by atoms with E-state index >= 15 is 0 Å². The van der Waals surface area contributed by atoms with Crippen molar-refractivity contribution in [3.63, 3.8) is 0 Å². The monoisotopic (exact) mass is 259 g/mol. The number of ether oxygens (including phenoxy) is 2. The molecule has 4 heteroatoms. The van der Waals surface area contributed by atoms with Gasteiger partial charge in [-0.05, 0) is 37.1 Å². The van der Waals surface area contributed by atoms with Gasteiger partial charge in [0.2, 0.25) is 0 Å². The summed E-state index contributed by atoms with van der Waals surface area (Å²) in [6.07, 6.45) is 1.81. The summed E-state index contributed by atoms with van der Waals surface area (Å²) in [6, 6.07) is 7.60. The molecular formula is C15H17NO3. The SMILES string of the molecule is CCOC(=O)c1[nH]cc(C)c1-c1ccc(OC)cc1. The Hall–Kier alpha value is -2.23. The number of aromatic amines is 1. The molecule has 100 valence electrons. The smallest absolute Gasteiger partial charge is 0.355 e. The first-order chi connectivity index (χ1) is 9.17. The van der Waals surface area contributed by atoms with Gasteiger partial charge >= 0.3 is 5.97 Å². The van der Waals surface area contributed by atoms with Crippen LogP contribution < -0.4 is 4.74 Å². The lowest BCUT2D eigenvalue weighted by atomic mass is 10.0. The van der Waals surface area contributed by atoms with Gasteiger partial charge in [0.25, 0.3) is 0 Å². The van der Waals surface area contributed by atoms with Crippen LogP contribution in [0.1, 0.15) is 23.0 Å². The van der Waals surface area contributed by atoms with Crippen LogP contribution in [0.4, 0.5) is 0 Å². The third-order valence-corrected chi connectivity index (χ3v) is 2.94. The predicted octanol–water partition coefficient (Wildman–Crippen LogP) is 3.18. The van der Waals surface area contributed by atoms with E-state index < -0.39 is 0 Å². The fourth-order valence-corrected chi connectivity index (χ4v) is 2.02. The van der Waals surface area contributed by atoms with Gasteiger partial charge in [-0.1, -0.05) is 12.1 Å². The van der Waals surface area contributed by atoms with Crippen LogP contribution in [0.5, 0.6) is 5.75 Å². The van der Waals surface area contributed by atoms with E-state index in [9.17, 15) is 4.79 Å². The Morgan fingerprint density at radius 2 is 1.95 bits per heavy atom. The number of rotatable bonds is 4. The minimum absolute atomic E-state index is 0.332. The molecule has 0 aliphatic rings. The first kappa shape index (κ1) is 13.2. The van der Waals surface area contributed by atoms with Crippen molar-refractivity contribution in [1.29, 1.82) is 0 Å². The normalized spacial score (nSPS) is 10.3. The van der Waals surface area contributed by atoms with Gasteiger partial charge in [0.05, 0.1) is 13.7 Å². The van der Waals surface area contributed by atoms with Crippen molar-refractivity contribution < 1.29 is 14.3 Å². The minimum Gasteiger partial charge on any atom is -0.497 e. The van der Waals surface area contributed by atoms with Gasteiger partial charge in [-0.3, -0.25) is 0 Å². The van der Waals surface area contributed by atoms with E-state index in [2.05, 4.69) is 4.98 Å². The Labute approximate surface area is 112 Å². The van der Waals surface area contributed by atoms with Gasteiger partial charge < -0.3 is 14.5 Å². The maximum absolute atomic E-state index is 11.9. The molecule has 1 heterocycles. The summed E-state index contributed by atoms with van der Waals surface area (Å²) < 4.78 is 10.2. The maximum atomic E-state index is 11.9. The van der Waals surface area contributed by atoms with E-state index in [1.165, 1.54) is 0 Å². The maximum Gasteiger partial charge on any atom is 0.355 e. The van der Waals surface area contributed by atoms with E-state index in [4.69, 9.17) is 9.47 Å². The lowest BCUT2D eigenvalue weighted by Gasteiger charge is -2.07. The highest BCUT2D eigenvalue weighted by atomic mass is 16.5. The summed E-state index contributed by atoms with van der Waals surface area (Å²) in [6.45, 7) is 4.11. The zero-order valence-corrected chi connectivity index (χ0v) is 11.3. The third-order valence-electron chi connectivity index (χ3n) is 2.94. The van der Waals surface area contributed by atoms with E-state index in [1.807, 2.05) is 37.4 Å². The van der Waals surface area contributed by atoms with Gasteiger partial charge in [0, 0.05) is 11.8 Å². The second-order valence-electron chi connectivity index (χ2n) is 4.17. The first-order valence-electron chi connectivity index (χ1n) is 6.17. The largest absolute Gasteiger partial charge is 0.497 e. The van der Waals surface area contributed by atoms with Crippen LogP contribution in [-0.4, -0.2) is 24.7 Å². The second kappa shape index (κ2) is 5.61. The molecule has 1 N–H and O–H groups in total. The van der Waals surface area contributed by atoms with Gasteiger partial charge in [0.1, 0.15) is 11.4 Å². The molecule has 0 spiro atoms. The number of hydrogen-bond acceptors (Lipinski definition) is 3. The number of methoxy groups -OCH3 is 1. The predicted molar refractivity (Wildman–Crippen MR) is 73.5 cm³/mol. The fraction of sp³-hybridized carbons (Fsp3) is 0.267. The van der Waals surface area contributed by atoms with Crippen LogP contribution in [0.3, 0.4) is 0 Å². The Bertz CT molecular complexity index is 570. The molecule has 19 heavy (non-hydrogen) atoms. The van der Waals surface area contributed by atoms with Crippen molar-refractivity contribution in [2.45, 2.75) is 13.8 Å². The van der Waals surface area contributed by atoms with Gasteiger partial charge in [0.15, 0.2) is 0 Å². The first-order valence-corrected chi connectivity index (χ1v) is 6.17. The van der Waals surface area contributed by atoms with Crippen LogP contribution in [0.2, 0.25) is 0 Å². The standard InChI is InChI=1S/C15H17NO3/c1-4-19-15(17)14-13(10(2)9-16-14)11-5-7-12(18-3)8-6-11/h5-9,16H,4H2,1-3H3. The van der Waals surface area contributed by atoms with Crippen LogP contribution in [0.25, 0.3) is 11.1 Å². The lowest BCUT2D eigenvalue weighted by molar-refractivity contribution is 0.0521. The zero-order chi connectivity index (χ0) is 13.8. The van der Waals surface area contributed by atoms with Crippen molar-refractivity contribution in [2.75, 3.05) is 13.7 Å². The average Bonchev–Trinajstić information content (AvgIpc) is 2.81. The van der Waals surface area contributed by atoms with Crippen molar-refractivity contribution in [3.8, 4) is 16.9 Å². The highest BCUT2D eigenvalue weighted by molar-refractivity contribution is 5.96. The summed E-state index contributed by atoms with van der Waals surface area (Å²) >= 11 is 0. The number of esters is 1. The molecule has 0 amide bonds. The van der Waals surface area contributed by atoms with Crippen molar-refractivity contribution in [1.82, 2.24) is 4.98 Å². The molecule has 0 unspecified atom stereocenters. The molecule has 0 atom stereocenters. The summed E-state index contributed by atoms with van der Waals surface area (Å²) in [7, 11) is 1.63. The van der Waals surface area contributed by atoms with Gasteiger partial charge in [-0.15, -0.1) is 0 Å². The number of aryl methyl sites for hydroxylation is 1. The number of benzene rings is 1. The van der Waals surface area contributed by atoms with Crippen molar-refractivity contribution >= 4 is 5.97 Å². The highest BCUT2D eigenvalue weighted by Crippen LogP contribution is 2.29. The molecule has 0 bridgehead atoms. The minimum atomic E-state index is -0.332.